The van der Waals surface area contributed by atoms with Gasteiger partial charge in [-0.15, -0.1) is 0 Å². The quantitative estimate of drug-likeness (QED) is 0.739. The average molecular weight is 226 g/mol. The van der Waals surface area contributed by atoms with Gasteiger partial charge in [-0.05, 0) is 13.0 Å². The highest BCUT2D eigenvalue weighted by Gasteiger charge is 2.23. The minimum Gasteiger partial charge on any atom is -0.492 e. The molecule has 16 heavy (non-hydrogen) atoms. The second-order valence-corrected chi connectivity index (χ2v) is 3.29. The van der Waals surface area contributed by atoms with Gasteiger partial charge in [0.2, 0.25) is 0 Å². The molecule has 0 atom stereocenters. The summed E-state index contributed by atoms with van der Waals surface area (Å²) >= 11 is 0. The molecule has 5 heteroatoms. The second kappa shape index (κ2) is 3.59. The molecule has 1 aromatic heterocycles. The van der Waals surface area contributed by atoms with Crippen molar-refractivity contribution in [3.63, 3.8) is 0 Å². The summed E-state index contributed by atoms with van der Waals surface area (Å²) in [7, 11) is 1.26. The summed E-state index contributed by atoms with van der Waals surface area (Å²) in [5.74, 6) is -2.00. The normalized spacial score (nSPS) is 10.8. The third kappa shape index (κ3) is 1.28. The van der Waals surface area contributed by atoms with Crippen LogP contribution in [0.2, 0.25) is 0 Å². The van der Waals surface area contributed by atoms with Crippen molar-refractivity contribution in [3.05, 3.63) is 29.0 Å². The molecule has 0 N–H and O–H groups in total. The van der Waals surface area contributed by atoms with Gasteiger partial charge in [0.1, 0.15) is 5.76 Å². The molecule has 3 nitrogen and oxygen atoms in total. The minimum absolute atomic E-state index is 0.0301. The number of hydrogen-bond donors (Lipinski definition) is 0. The molecule has 1 aromatic carbocycles. The van der Waals surface area contributed by atoms with Gasteiger partial charge in [-0.25, -0.2) is 8.78 Å². The SMILES string of the molecule is COc1c(C=O)c(F)c(F)c2cc(C)oc12. The number of ether oxygens (including phenoxy) is 1. The molecule has 2 rings (SSSR count). The smallest absolute Gasteiger partial charge is 0.180 e. The van der Waals surface area contributed by atoms with Crippen LogP contribution in [0.3, 0.4) is 0 Å². The monoisotopic (exact) mass is 226 g/mol. The van der Waals surface area contributed by atoms with Gasteiger partial charge >= 0.3 is 0 Å². The number of carbonyl (C=O) groups excluding carboxylic acids is 1. The van der Waals surface area contributed by atoms with Crippen LogP contribution in [-0.2, 0) is 0 Å². The molecule has 84 valence electrons. The number of aldehydes is 1. The van der Waals surface area contributed by atoms with Gasteiger partial charge in [0.15, 0.2) is 29.3 Å². The van der Waals surface area contributed by atoms with Crippen LogP contribution in [0.1, 0.15) is 16.1 Å². The van der Waals surface area contributed by atoms with Gasteiger partial charge in [0.05, 0.1) is 18.1 Å². The largest absolute Gasteiger partial charge is 0.492 e. The average Bonchev–Trinajstić information content (AvgIpc) is 2.65. The third-order valence-corrected chi connectivity index (χ3v) is 2.29. The van der Waals surface area contributed by atoms with E-state index in [0.29, 0.717) is 5.76 Å². The van der Waals surface area contributed by atoms with Crippen LogP contribution >= 0.6 is 0 Å². The molecule has 0 unspecified atom stereocenters. The number of fused-ring (bicyclic) bond motifs is 1. The number of rotatable bonds is 2. The topological polar surface area (TPSA) is 39.4 Å². The lowest BCUT2D eigenvalue weighted by Crippen LogP contribution is -1.98. The molecule has 0 aliphatic rings. The maximum absolute atomic E-state index is 13.5. The number of carbonyl (C=O) groups is 1. The van der Waals surface area contributed by atoms with Gasteiger partial charge in [0.25, 0.3) is 0 Å². The third-order valence-electron chi connectivity index (χ3n) is 2.29. The van der Waals surface area contributed by atoms with Crippen molar-refractivity contribution in [1.29, 1.82) is 0 Å². The minimum atomic E-state index is -1.22. The van der Waals surface area contributed by atoms with Gasteiger partial charge in [-0.1, -0.05) is 0 Å². The summed E-state index contributed by atoms with van der Waals surface area (Å²) < 4.78 is 37.0. The summed E-state index contributed by atoms with van der Waals surface area (Å²) in [5.41, 5.74) is -0.428. The Kier molecular flexibility index (Phi) is 2.38. The van der Waals surface area contributed by atoms with Gasteiger partial charge in [0, 0.05) is 0 Å². The Morgan fingerprint density at radius 1 is 1.38 bits per heavy atom. The Morgan fingerprint density at radius 3 is 2.62 bits per heavy atom. The molecule has 0 aliphatic heterocycles. The Balaban J connectivity index is 2.99. The first-order valence-electron chi connectivity index (χ1n) is 4.50. The highest BCUT2D eigenvalue weighted by atomic mass is 19.2. The first kappa shape index (κ1) is 10.6. The Bertz CT molecular complexity index is 572. The standard InChI is InChI=1S/C11H8F2O3/c1-5-3-6-8(12)9(13)7(4-14)10(15-2)11(6)16-5/h3-4H,1-2H3. The van der Waals surface area contributed by atoms with Crippen LogP contribution in [0.15, 0.2) is 10.5 Å². The van der Waals surface area contributed by atoms with Crippen LogP contribution < -0.4 is 4.74 Å². The number of methoxy groups -OCH3 is 1. The molecule has 2 aromatic rings. The van der Waals surface area contributed by atoms with E-state index in [1.165, 1.54) is 13.2 Å². The summed E-state index contributed by atoms with van der Waals surface area (Å²) in [6.07, 6.45) is 0.203. The summed E-state index contributed by atoms with van der Waals surface area (Å²) in [4.78, 5) is 10.7. The van der Waals surface area contributed by atoms with Crippen LogP contribution in [-0.4, -0.2) is 13.4 Å². The first-order valence-corrected chi connectivity index (χ1v) is 4.50. The van der Waals surface area contributed by atoms with Crippen molar-refractivity contribution in [1.82, 2.24) is 0 Å². The molecule has 0 radical (unpaired) electrons. The predicted octanol–water partition coefficient (Wildman–Crippen LogP) is 2.84. The molecule has 0 fully saturated rings. The van der Waals surface area contributed by atoms with E-state index >= 15 is 0 Å². The second-order valence-electron chi connectivity index (χ2n) is 3.29. The summed E-state index contributed by atoms with van der Waals surface area (Å²) in [6, 6.07) is 1.35. The molecular weight excluding hydrogens is 218 g/mol. The Labute approximate surface area is 89.6 Å². The van der Waals surface area contributed by atoms with E-state index in [2.05, 4.69) is 0 Å². The lowest BCUT2D eigenvalue weighted by molar-refractivity contribution is 0.111. The number of halogens is 2. The zero-order chi connectivity index (χ0) is 11.9. The zero-order valence-electron chi connectivity index (χ0n) is 8.64. The maximum atomic E-state index is 13.5. The number of benzene rings is 1. The molecule has 0 amide bonds. The van der Waals surface area contributed by atoms with Crippen molar-refractivity contribution in [2.75, 3.05) is 7.11 Å². The van der Waals surface area contributed by atoms with Crippen molar-refractivity contribution in [2.45, 2.75) is 6.92 Å². The van der Waals surface area contributed by atoms with E-state index < -0.39 is 17.2 Å². The Hall–Kier alpha value is -1.91. The molecule has 1 heterocycles. The van der Waals surface area contributed by atoms with E-state index in [1.807, 2.05) is 0 Å². The van der Waals surface area contributed by atoms with E-state index in [9.17, 15) is 13.6 Å². The summed E-state index contributed by atoms with van der Waals surface area (Å²) in [5, 5.41) is -0.0301. The maximum Gasteiger partial charge on any atom is 0.180 e. The highest BCUT2D eigenvalue weighted by molar-refractivity contribution is 5.94. The predicted molar refractivity (Wildman–Crippen MR) is 52.8 cm³/mol. The fourth-order valence-electron chi connectivity index (χ4n) is 1.61. The van der Waals surface area contributed by atoms with Crippen molar-refractivity contribution in [3.8, 4) is 5.75 Å². The van der Waals surface area contributed by atoms with Crippen LogP contribution in [0.25, 0.3) is 11.0 Å². The van der Waals surface area contributed by atoms with E-state index in [1.54, 1.807) is 6.92 Å². The number of hydrogen-bond acceptors (Lipinski definition) is 3. The van der Waals surface area contributed by atoms with E-state index in [4.69, 9.17) is 9.15 Å². The molecule has 0 aliphatic carbocycles. The highest BCUT2D eigenvalue weighted by Crippen LogP contribution is 2.35. The van der Waals surface area contributed by atoms with E-state index in [0.717, 1.165) is 0 Å². The number of furan rings is 1. The Morgan fingerprint density at radius 2 is 2.06 bits per heavy atom. The van der Waals surface area contributed by atoms with Crippen LogP contribution in [0, 0.1) is 18.6 Å². The number of aryl methyl sites for hydroxylation is 1. The van der Waals surface area contributed by atoms with Crippen molar-refractivity contribution < 1.29 is 22.7 Å². The fourth-order valence-corrected chi connectivity index (χ4v) is 1.61. The lowest BCUT2D eigenvalue weighted by Gasteiger charge is -2.06. The molecule has 0 spiro atoms. The summed E-state index contributed by atoms with van der Waals surface area (Å²) in [6.45, 7) is 1.59. The first-order chi connectivity index (χ1) is 7.60. The molecule has 0 bridgehead atoms. The van der Waals surface area contributed by atoms with Crippen LogP contribution in [0.4, 0.5) is 8.78 Å². The molecule has 0 saturated carbocycles. The van der Waals surface area contributed by atoms with E-state index in [-0.39, 0.29) is 23.0 Å². The van der Waals surface area contributed by atoms with Crippen molar-refractivity contribution >= 4 is 17.3 Å². The van der Waals surface area contributed by atoms with Gasteiger partial charge in [-0.2, -0.15) is 0 Å². The van der Waals surface area contributed by atoms with Gasteiger partial charge in [-0.3, -0.25) is 4.79 Å². The fraction of sp³-hybridized carbons (Fsp3) is 0.182. The molecular formula is C11H8F2O3. The van der Waals surface area contributed by atoms with Gasteiger partial charge < -0.3 is 9.15 Å². The molecule has 0 saturated heterocycles. The van der Waals surface area contributed by atoms with Crippen molar-refractivity contribution in [2.24, 2.45) is 0 Å². The van der Waals surface area contributed by atoms with Crippen LogP contribution in [0.5, 0.6) is 5.75 Å². The lowest BCUT2D eigenvalue weighted by atomic mass is 10.1. The zero-order valence-corrected chi connectivity index (χ0v) is 8.64.